The maximum atomic E-state index is 11.0. The minimum Gasteiger partial charge on any atom is -0.382 e. The van der Waals surface area contributed by atoms with Gasteiger partial charge < -0.3 is 5.32 Å². The van der Waals surface area contributed by atoms with Crippen LogP contribution in [0.15, 0.2) is 35.5 Å². The molecular formula is C12H14N4O2S. The van der Waals surface area contributed by atoms with Gasteiger partial charge in [0.05, 0.1) is 11.1 Å². The summed E-state index contributed by atoms with van der Waals surface area (Å²) in [5.41, 5.74) is 1.58. The van der Waals surface area contributed by atoms with Gasteiger partial charge >= 0.3 is 0 Å². The molecule has 1 aromatic heterocycles. The van der Waals surface area contributed by atoms with Gasteiger partial charge in [-0.3, -0.25) is 14.8 Å². The van der Waals surface area contributed by atoms with E-state index < -0.39 is 0 Å². The zero-order valence-corrected chi connectivity index (χ0v) is 11.5. The van der Waals surface area contributed by atoms with Crippen LogP contribution in [0.2, 0.25) is 0 Å². The Balaban J connectivity index is 2.20. The van der Waals surface area contributed by atoms with Crippen LogP contribution in [0, 0.1) is 10.1 Å². The number of nitro benzene ring substituents is 1. The summed E-state index contributed by atoms with van der Waals surface area (Å²) in [5, 5.41) is 18.0. The molecule has 19 heavy (non-hydrogen) atoms. The van der Waals surface area contributed by atoms with E-state index in [9.17, 15) is 10.1 Å². The molecule has 0 aliphatic rings. The molecule has 0 saturated carbocycles. The van der Waals surface area contributed by atoms with Gasteiger partial charge in [-0.2, -0.15) is 5.10 Å². The Kier molecular flexibility index (Phi) is 4.06. The number of anilines is 1. The Morgan fingerprint density at radius 3 is 2.89 bits per heavy atom. The molecule has 7 heteroatoms. The summed E-state index contributed by atoms with van der Waals surface area (Å²) in [6, 6.07) is 5.10. The van der Waals surface area contributed by atoms with Crippen molar-refractivity contribution in [2.24, 2.45) is 7.05 Å². The molecule has 0 atom stereocenters. The number of nitrogens with zero attached hydrogens (tertiary/aromatic N) is 3. The van der Waals surface area contributed by atoms with Gasteiger partial charge in [-0.05, 0) is 5.56 Å². The number of aromatic nitrogens is 2. The number of nitro groups is 1. The van der Waals surface area contributed by atoms with Crippen LogP contribution in [-0.4, -0.2) is 21.8 Å². The van der Waals surface area contributed by atoms with E-state index in [0.717, 1.165) is 10.5 Å². The van der Waals surface area contributed by atoms with Gasteiger partial charge in [-0.1, -0.05) is 12.1 Å². The number of hydrogen-bond donors (Lipinski definition) is 1. The number of para-hydroxylation sites is 1. The molecule has 1 heterocycles. The lowest BCUT2D eigenvalue weighted by molar-refractivity contribution is -0.384. The number of thioether (sulfide) groups is 1. The molecule has 0 aliphatic heterocycles. The largest absolute Gasteiger partial charge is 0.382 e. The van der Waals surface area contributed by atoms with Crippen LogP contribution in [0.1, 0.15) is 5.56 Å². The van der Waals surface area contributed by atoms with Gasteiger partial charge in [-0.25, -0.2) is 0 Å². The highest BCUT2D eigenvalue weighted by atomic mass is 32.2. The van der Waals surface area contributed by atoms with E-state index in [4.69, 9.17) is 0 Å². The number of rotatable bonds is 5. The summed E-state index contributed by atoms with van der Waals surface area (Å²) in [5.74, 6) is 0.656. The lowest BCUT2D eigenvalue weighted by Gasteiger charge is -2.08. The predicted molar refractivity (Wildman–Crippen MR) is 75.4 cm³/mol. The molecule has 0 spiro atoms. The van der Waals surface area contributed by atoms with E-state index >= 15 is 0 Å². The predicted octanol–water partition coefficient (Wildman–Crippen LogP) is 2.66. The highest BCUT2D eigenvalue weighted by Gasteiger charge is 2.16. The van der Waals surface area contributed by atoms with Crippen LogP contribution in [0.25, 0.3) is 0 Å². The average Bonchev–Trinajstić information content (AvgIpc) is 2.81. The van der Waals surface area contributed by atoms with Crippen molar-refractivity contribution < 1.29 is 4.92 Å². The summed E-state index contributed by atoms with van der Waals surface area (Å²) >= 11 is 1.60. The number of nitrogens with one attached hydrogen (secondary N) is 1. The van der Waals surface area contributed by atoms with Crippen LogP contribution in [-0.2, 0) is 12.8 Å². The molecule has 0 bridgehead atoms. The van der Waals surface area contributed by atoms with Gasteiger partial charge in [-0.15, -0.1) is 11.8 Å². The maximum absolute atomic E-state index is 11.0. The molecule has 0 fully saturated rings. The number of aryl methyl sites for hydroxylation is 1. The molecule has 2 aromatic rings. The third-order valence-electron chi connectivity index (χ3n) is 2.65. The standard InChI is InChI=1S/C12H14N4O2S/c1-13-12-9(4-3-5-11(12)16(17)18)8-19-10-6-14-15(2)7-10/h3-7,13H,8H2,1-2H3. The van der Waals surface area contributed by atoms with E-state index in [0.29, 0.717) is 11.4 Å². The van der Waals surface area contributed by atoms with E-state index in [2.05, 4.69) is 10.4 Å². The minimum atomic E-state index is -0.371. The SMILES string of the molecule is CNc1c(CSc2cnn(C)c2)cccc1[N+](=O)[O-]. The quantitative estimate of drug-likeness (QED) is 0.517. The van der Waals surface area contributed by atoms with Gasteiger partial charge in [0.2, 0.25) is 0 Å². The number of hydrogen-bond acceptors (Lipinski definition) is 5. The highest BCUT2D eigenvalue weighted by Crippen LogP contribution is 2.32. The Morgan fingerprint density at radius 1 is 1.53 bits per heavy atom. The van der Waals surface area contributed by atoms with Crippen molar-refractivity contribution in [3.8, 4) is 0 Å². The maximum Gasteiger partial charge on any atom is 0.292 e. The van der Waals surface area contributed by atoms with Crippen molar-refractivity contribution in [1.82, 2.24) is 9.78 Å². The van der Waals surface area contributed by atoms with Crippen molar-refractivity contribution in [3.63, 3.8) is 0 Å². The fourth-order valence-corrected chi connectivity index (χ4v) is 2.69. The van der Waals surface area contributed by atoms with Crippen molar-refractivity contribution in [1.29, 1.82) is 0 Å². The zero-order chi connectivity index (χ0) is 13.8. The normalized spacial score (nSPS) is 10.4. The Morgan fingerprint density at radius 2 is 2.32 bits per heavy atom. The van der Waals surface area contributed by atoms with E-state index in [1.54, 1.807) is 35.8 Å². The summed E-state index contributed by atoms with van der Waals surface area (Å²) in [6.07, 6.45) is 3.70. The monoisotopic (exact) mass is 278 g/mol. The van der Waals surface area contributed by atoms with Crippen LogP contribution < -0.4 is 5.32 Å². The Bertz CT molecular complexity index is 597. The molecule has 0 aliphatic carbocycles. The third-order valence-corrected chi connectivity index (χ3v) is 3.65. The zero-order valence-electron chi connectivity index (χ0n) is 10.7. The Hall–Kier alpha value is -2.02. The van der Waals surface area contributed by atoms with Crippen molar-refractivity contribution in [2.75, 3.05) is 12.4 Å². The second-order valence-corrected chi connectivity index (χ2v) is 5.01. The highest BCUT2D eigenvalue weighted by molar-refractivity contribution is 7.98. The first-order chi connectivity index (χ1) is 9.11. The van der Waals surface area contributed by atoms with Crippen LogP contribution in [0.5, 0.6) is 0 Å². The Labute approximate surface area is 115 Å². The molecule has 0 radical (unpaired) electrons. The fourth-order valence-electron chi connectivity index (χ4n) is 1.78. The van der Waals surface area contributed by atoms with E-state index in [1.807, 2.05) is 19.3 Å². The van der Waals surface area contributed by atoms with Crippen LogP contribution in [0.3, 0.4) is 0 Å². The first kappa shape index (κ1) is 13.4. The van der Waals surface area contributed by atoms with Crippen LogP contribution in [0.4, 0.5) is 11.4 Å². The fraction of sp³-hybridized carbons (Fsp3) is 0.250. The van der Waals surface area contributed by atoms with E-state index in [1.165, 1.54) is 6.07 Å². The topological polar surface area (TPSA) is 73.0 Å². The second-order valence-electron chi connectivity index (χ2n) is 3.96. The van der Waals surface area contributed by atoms with Gasteiger partial charge in [0.1, 0.15) is 5.69 Å². The molecule has 2 rings (SSSR count). The third kappa shape index (κ3) is 3.05. The molecule has 1 N–H and O–H groups in total. The van der Waals surface area contributed by atoms with Crippen LogP contribution >= 0.6 is 11.8 Å². The molecule has 1 aromatic carbocycles. The average molecular weight is 278 g/mol. The van der Waals surface area contributed by atoms with Crippen molar-refractivity contribution >= 4 is 23.1 Å². The molecule has 0 saturated heterocycles. The summed E-state index contributed by atoms with van der Waals surface area (Å²) in [6.45, 7) is 0. The first-order valence-corrected chi connectivity index (χ1v) is 6.66. The second kappa shape index (κ2) is 5.75. The molecule has 6 nitrogen and oxygen atoms in total. The number of benzene rings is 1. The van der Waals surface area contributed by atoms with Gasteiger partial charge in [0, 0.05) is 37.0 Å². The molecular weight excluding hydrogens is 264 g/mol. The summed E-state index contributed by atoms with van der Waals surface area (Å²) in [4.78, 5) is 11.6. The molecule has 0 amide bonds. The molecule has 100 valence electrons. The van der Waals surface area contributed by atoms with Gasteiger partial charge in [0.25, 0.3) is 5.69 Å². The summed E-state index contributed by atoms with van der Waals surface area (Å²) in [7, 11) is 3.55. The van der Waals surface area contributed by atoms with E-state index in [-0.39, 0.29) is 10.6 Å². The molecule has 0 unspecified atom stereocenters. The smallest absolute Gasteiger partial charge is 0.292 e. The summed E-state index contributed by atoms with van der Waals surface area (Å²) < 4.78 is 1.73. The first-order valence-electron chi connectivity index (χ1n) is 5.67. The lowest BCUT2D eigenvalue weighted by atomic mass is 10.1. The lowest BCUT2D eigenvalue weighted by Crippen LogP contribution is -2.00. The van der Waals surface area contributed by atoms with Crippen molar-refractivity contribution in [3.05, 3.63) is 46.3 Å². The van der Waals surface area contributed by atoms with Gasteiger partial charge in [0.15, 0.2) is 0 Å². The van der Waals surface area contributed by atoms with Crippen molar-refractivity contribution in [2.45, 2.75) is 10.6 Å². The minimum absolute atomic E-state index is 0.104.